The Morgan fingerprint density at radius 2 is 2.24 bits per heavy atom. The van der Waals surface area contributed by atoms with Gasteiger partial charge in [-0.05, 0) is 0 Å². The van der Waals surface area contributed by atoms with Crippen molar-refractivity contribution >= 4 is 17.1 Å². The standard InChI is InChI=1S/C8H11N5O4/c9-8-11-6-5(7(16)12-8)10-3-13(6)17-4(1-14)2-15/h3-4,14-15H,1-2H2,(H3,9,11,12,16). The molecule has 2 heterocycles. The van der Waals surface area contributed by atoms with Gasteiger partial charge < -0.3 is 20.8 Å². The Morgan fingerprint density at radius 3 is 2.88 bits per heavy atom. The number of hydrogen-bond donors (Lipinski definition) is 4. The van der Waals surface area contributed by atoms with Crippen LogP contribution in [0.3, 0.4) is 0 Å². The van der Waals surface area contributed by atoms with Gasteiger partial charge in [-0.1, -0.05) is 0 Å². The minimum atomic E-state index is -0.824. The number of nitrogens with one attached hydrogen (secondary N) is 1. The summed E-state index contributed by atoms with van der Waals surface area (Å²) in [5, 5.41) is 17.7. The van der Waals surface area contributed by atoms with Crippen LogP contribution in [0.5, 0.6) is 0 Å². The van der Waals surface area contributed by atoms with Gasteiger partial charge in [-0.3, -0.25) is 9.78 Å². The highest BCUT2D eigenvalue weighted by atomic mass is 16.7. The lowest BCUT2D eigenvalue weighted by Crippen LogP contribution is -2.31. The SMILES string of the molecule is Nc1nc2c(ncn2OC(CO)CO)c(=O)[nH]1. The number of imidazole rings is 1. The Balaban J connectivity index is 2.45. The molecule has 0 aliphatic rings. The second-order valence-electron chi connectivity index (χ2n) is 3.29. The molecule has 0 saturated heterocycles. The topological polar surface area (TPSA) is 139 Å². The molecule has 0 aliphatic carbocycles. The van der Waals surface area contributed by atoms with E-state index >= 15 is 0 Å². The molecule has 2 aromatic heterocycles. The maximum atomic E-state index is 11.4. The third kappa shape index (κ3) is 2.05. The first-order chi connectivity index (χ1) is 8.15. The van der Waals surface area contributed by atoms with Crippen LogP contribution in [0.25, 0.3) is 11.2 Å². The molecule has 9 nitrogen and oxygen atoms in total. The van der Waals surface area contributed by atoms with Crippen LogP contribution in [0.15, 0.2) is 11.1 Å². The highest BCUT2D eigenvalue weighted by Crippen LogP contribution is 2.05. The molecular weight excluding hydrogens is 230 g/mol. The quantitative estimate of drug-likeness (QED) is 0.463. The molecular formula is C8H11N5O4. The first-order valence-corrected chi connectivity index (χ1v) is 4.77. The van der Waals surface area contributed by atoms with Crippen molar-refractivity contribution in [1.82, 2.24) is 19.7 Å². The molecule has 0 atom stereocenters. The number of nitrogens with two attached hydrogens (primary N) is 1. The Hall–Kier alpha value is -2.13. The summed E-state index contributed by atoms with van der Waals surface area (Å²) in [4.78, 5) is 26.5. The van der Waals surface area contributed by atoms with Crippen molar-refractivity contribution in [3.63, 3.8) is 0 Å². The van der Waals surface area contributed by atoms with Crippen LogP contribution < -0.4 is 16.1 Å². The molecule has 0 unspecified atom stereocenters. The first-order valence-electron chi connectivity index (χ1n) is 4.77. The lowest BCUT2D eigenvalue weighted by molar-refractivity contribution is -0.0240. The third-order valence-corrected chi connectivity index (χ3v) is 2.07. The van der Waals surface area contributed by atoms with Crippen LogP contribution in [0.2, 0.25) is 0 Å². The van der Waals surface area contributed by atoms with E-state index in [4.69, 9.17) is 20.8 Å². The number of aromatic nitrogens is 4. The normalized spacial score (nSPS) is 11.2. The molecule has 0 aromatic carbocycles. The number of nitrogens with zero attached hydrogens (tertiary/aromatic N) is 3. The van der Waals surface area contributed by atoms with Crippen LogP contribution in [-0.2, 0) is 0 Å². The second kappa shape index (κ2) is 4.39. The molecule has 17 heavy (non-hydrogen) atoms. The average molecular weight is 241 g/mol. The Kier molecular flexibility index (Phi) is 2.93. The Morgan fingerprint density at radius 1 is 1.53 bits per heavy atom. The van der Waals surface area contributed by atoms with Crippen molar-refractivity contribution in [3.05, 3.63) is 16.7 Å². The number of fused-ring (bicyclic) bond motifs is 1. The van der Waals surface area contributed by atoms with Crippen molar-refractivity contribution in [2.24, 2.45) is 0 Å². The molecule has 9 heteroatoms. The number of anilines is 1. The van der Waals surface area contributed by atoms with Gasteiger partial charge in [0.2, 0.25) is 11.6 Å². The minimum Gasteiger partial charge on any atom is -0.403 e. The van der Waals surface area contributed by atoms with Gasteiger partial charge in [0, 0.05) is 0 Å². The fraction of sp³-hybridized carbons (Fsp3) is 0.375. The zero-order chi connectivity index (χ0) is 12.4. The predicted molar refractivity (Wildman–Crippen MR) is 57.1 cm³/mol. The molecule has 92 valence electrons. The molecule has 5 N–H and O–H groups in total. The van der Waals surface area contributed by atoms with E-state index in [0.29, 0.717) is 0 Å². The van der Waals surface area contributed by atoms with Crippen molar-refractivity contribution in [2.75, 3.05) is 18.9 Å². The fourth-order valence-electron chi connectivity index (χ4n) is 1.27. The molecule has 2 aromatic rings. The second-order valence-corrected chi connectivity index (χ2v) is 3.29. The fourth-order valence-corrected chi connectivity index (χ4v) is 1.27. The van der Waals surface area contributed by atoms with Gasteiger partial charge in [0.05, 0.1) is 13.2 Å². The summed E-state index contributed by atoms with van der Waals surface area (Å²) in [6, 6.07) is 0. The van der Waals surface area contributed by atoms with E-state index in [9.17, 15) is 4.79 Å². The van der Waals surface area contributed by atoms with Gasteiger partial charge in [-0.25, -0.2) is 4.98 Å². The van der Waals surface area contributed by atoms with Crippen molar-refractivity contribution in [2.45, 2.75) is 6.10 Å². The summed E-state index contributed by atoms with van der Waals surface area (Å²) < 4.78 is 1.08. The van der Waals surface area contributed by atoms with Crippen LogP contribution >= 0.6 is 0 Å². The molecule has 0 aliphatic heterocycles. The summed E-state index contributed by atoms with van der Waals surface area (Å²) in [5.41, 5.74) is 5.09. The summed E-state index contributed by atoms with van der Waals surface area (Å²) >= 11 is 0. The van der Waals surface area contributed by atoms with Crippen LogP contribution in [0.1, 0.15) is 0 Å². The molecule has 0 bridgehead atoms. The highest BCUT2D eigenvalue weighted by Gasteiger charge is 2.13. The lowest BCUT2D eigenvalue weighted by atomic mass is 10.4. The van der Waals surface area contributed by atoms with Gasteiger partial charge in [0.1, 0.15) is 6.33 Å². The van der Waals surface area contributed by atoms with Gasteiger partial charge >= 0.3 is 0 Å². The summed E-state index contributed by atoms with van der Waals surface area (Å²) in [6.07, 6.45) is 0.389. The zero-order valence-electron chi connectivity index (χ0n) is 8.70. The zero-order valence-corrected chi connectivity index (χ0v) is 8.70. The van der Waals surface area contributed by atoms with Gasteiger partial charge in [0.15, 0.2) is 11.6 Å². The molecule has 0 amide bonds. The average Bonchev–Trinajstić information content (AvgIpc) is 2.69. The Bertz CT molecular complexity index is 573. The third-order valence-electron chi connectivity index (χ3n) is 2.07. The number of hydrogen-bond acceptors (Lipinski definition) is 7. The van der Waals surface area contributed by atoms with Crippen LogP contribution in [0, 0.1) is 0 Å². The summed E-state index contributed by atoms with van der Waals surface area (Å²) in [6.45, 7) is -0.760. The van der Waals surface area contributed by atoms with Crippen LogP contribution in [0.4, 0.5) is 5.95 Å². The predicted octanol–water partition coefficient (Wildman–Crippen LogP) is -2.52. The molecule has 0 radical (unpaired) electrons. The van der Waals surface area contributed by atoms with E-state index in [1.54, 1.807) is 0 Å². The van der Waals surface area contributed by atoms with Gasteiger partial charge in [-0.2, -0.15) is 9.71 Å². The van der Waals surface area contributed by atoms with Crippen molar-refractivity contribution in [1.29, 1.82) is 0 Å². The summed E-state index contributed by atoms with van der Waals surface area (Å²) in [5.74, 6) is -0.0719. The van der Waals surface area contributed by atoms with E-state index in [0.717, 1.165) is 4.73 Å². The lowest BCUT2D eigenvalue weighted by Gasteiger charge is -2.13. The number of nitrogen functional groups attached to an aromatic ring is 1. The van der Waals surface area contributed by atoms with E-state index in [-0.39, 0.29) is 30.3 Å². The van der Waals surface area contributed by atoms with E-state index < -0.39 is 11.7 Å². The van der Waals surface area contributed by atoms with E-state index in [1.165, 1.54) is 6.33 Å². The number of rotatable bonds is 4. The maximum Gasteiger partial charge on any atom is 0.280 e. The van der Waals surface area contributed by atoms with Crippen molar-refractivity contribution in [3.8, 4) is 0 Å². The largest absolute Gasteiger partial charge is 0.403 e. The monoisotopic (exact) mass is 241 g/mol. The number of aliphatic hydroxyl groups excluding tert-OH is 2. The van der Waals surface area contributed by atoms with Gasteiger partial charge in [-0.15, -0.1) is 0 Å². The maximum absolute atomic E-state index is 11.4. The smallest absolute Gasteiger partial charge is 0.280 e. The Labute approximate surface area is 94.4 Å². The molecule has 0 saturated carbocycles. The van der Waals surface area contributed by atoms with Gasteiger partial charge in [0.25, 0.3) is 5.56 Å². The molecule has 0 fully saturated rings. The number of aliphatic hydroxyl groups is 2. The summed E-state index contributed by atoms with van der Waals surface area (Å²) in [7, 11) is 0. The molecule has 2 rings (SSSR count). The molecule has 0 spiro atoms. The van der Waals surface area contributed by atoms with E-state index in [2.05, 4.69) is 15.0 Å². The highest BCUT2D eigenvalue weighted by molar-refractivity contribution is 5.69. The van der Waals surface area contributed by atoms with E-state index in [1.807, 2.05) is 0 Å². The number of aromatic amines is 1. The number of H-pyrrole nitrogens is 1. The van der Waals surface area contributed by atoms with Crippen molar-refractivity contribution < 1.29 is 15.1 Å². The minimum absolute atomic E-state index is 0.0637. The first kappa shape index (κ1) is 11.4. The van der Waals surface area contributed by atoms with Crippen LogP contribution in [-0.4, -0.2) is 49.2 Å².